The summed E-state index contributed by atoms with van der Waals surface area (Å²) in [6, 6.07) is 2.73. The molecule has 0 spiro atoms. The highest BCUT2D eigenvalue weighted by Gasteiger charge is 2.17. The van der Waals surface area contributed by atoms with E-state index >= 15 is 0 Å². The number of nitro benzene ring substituents is 1. The summed E-state index contributed by atoms with van der Waals surface area (Å²) in [6.07, 6.45) is 1.55. The van der Waals surface area contributed by atoms with Crippen LogP contribution in [-0.2, 0) is 0 Å². The summed E-state index contributed by atoms with van der Waals surface area (Å²) in [5.74, 6) is -0.330. The fourth-order valence-electron chi connectivity index (χ4n) is 1.27. The van der Waals surface area contributed by atoms with E-state index in [9.17, 15) is 14.9 Å². The average molecular weight is 346 g/mol. The molecule has 90 valence electrons. The lowest BCUT2D eigenvalue weighted by Gasteiger charge is -2.07. The van der Waals surface area contributed by atoms with Crippen LogP contribution >= 0.6 is 22.6 Å². The van der Waals surface area contributed by atoms with Gasteiger partial charge < -0.3 is 5.32 Å². The number of amides is 1. The molecule has 0 aliphatic rings. The minimum absolute atomic E-state index is 0.0799. The fraction of sp³-hybridized carbons (Fsp3) is 0.182. The highest BCUT2D eigenvalue weighted by atomic mass is 127. The lowest BCUT2D eigenvalue weighted by atomic mass is 10.1. The molecule has 1 N–H and O–H groups in total. The molecule has 0 unspecified atom stereocenters. The number of hydrogen-bond donors (Lipinski definition) is 1. The van der Waals surface area contributed by atoms with Crippen LogP contribution in [0.4, 0.5) is 5.69 Å². The van der Waals surface area contributed by atoms with Gasteiger partial charge in [0.25, 0.3) is 11.6 Å². The number of rotatable bonds is 4. The van der Waals surface area contributed by atoms with Crippen molar-refractivity contribution < 1.29 is 9.72 Å². The molecule has 0 aliphatic carbocycles. The minimum Gasteiger partial charge on any atom is -0.349 e. The summed E-state index contributed by atoms with van der Waals surface area (Å²) in [4.78, 5) is 22.0. The van der Waals surface area contributed by atoms with E-state index in [-0.39, 0.29) is 11.6 Å². The number of nitro groups is 1. The van der Waals surface area contributed by atoms with Gasteiger partial charge in [-0.3, -0.25) is 14.9 Å². The van der Waals surface area contributed by atoms with E-state index in [4.69, 9.17) is 0 Å². The molecule has 0 bridgehead atoms. The lowest BCUT2D eigenvalue weighted by molar-refractivity contribution is -0.385. The van der Waals surface area contributed by atoms with Crippen molar-refractivity contribution in [3.8, 4) is 0 Å². The van der Waals surface area contributed by atoms with E-state index in [0.717, 1.165) is 5.56 Å². The van der Waals surface area contributed by atoms with Crippen LogP contribution in [0, 0.1) is 20.6 Å². The number of nitrogens with one attached hydrogen (secondary N) is 1. The smallest absolute Gasteiger partial charge is 0.271 e. The highest BCUT2D eigenvalue weighted by molar-refractivity contribution is 14.1. The second kappa shape index (κ2) is 5.76. The number of hydrogen-bond acceptors (Lipinski definition) is 3. The van der Waals surface area contributed by atoms with Gasteiger partial charge in [-0.2, -0.15) is 0 Å². The summed E-state index contributed by atoms with van der Waals surface area (Å²) in [5.41, 5.74) is 0.979. The molecule has 1 amide bonds. The van der Waals surface area contributed by atoms with Gasteiger partial charge in [0.2, 0.25) is 0 Å². The normalized spacial score (nSPS) is 9.76. The molecule has 0 aromatic heterocycles. The number of halogens is 1. The molecule has 1 aromatic rings. The third-order valence-corrected chi connectivity index (χ3v) is 3.31. The number of carbonyl (C=O) groups excluding carboxylic acids is 1. The predicted octanol–water partition coefficient (Wildman–Crippen LogP) is 2.42. The quantitative estimate of drug-likeness (QED) is 0.394. The minimum atomic E-state index is -0.508. The number of nitrogens with zero attached hydrogens (tertiary/aromatic N) is 1. The zero-order valence-corrected chi connectivity index (χ0v) is 11.4. The van der Waals surface area contributed by atoms with Crippen LogP contribution < -0.4 is 5.32 Å². The Labute approximate surface area is 112 Å². The first-order chi connectivity index (χ1) is 7.97. The standard InChI is InChI=1S/C11H11IN2O3/c1-3-4-13-11(15)9-5-8(14(16)17)6-10(12)7(9)2/h3,5-6H,1,4H2,2H3,(H,13,15). The van der Waals surface area contributed by atoms with Crippen molar-refractivity contribution in [1.29, 1.82) is 0 Å². The second-order valence-electron chi connectivity index (χ2n) is 3.36. The summed E-state index contributed by atoms with van der Waals surface area (Å²) in [5, 5.41) is 13.3. The fourth-order valence-corrected chi connectivity index (χ4v) is 1.88. The first-order valence-corrected chi connectivity index (χ1v) is 5.89. The van der Waals surface area contributed by atoms with E-state index in [0.29, 0.717) is 15.7 Å². The van der Waals surface area contributed by atoms with E-state index in [1.54, 1.807) is 13.0 Å². The van der Waals surface area contributed by atoms with Gasteiger partial charge in [-0.15, -0.1) is 6.58 Å². The maximum Gasteiger partial charge on any atom is 0.271 e. The van der Waals surface area contributed by atoms with Crippen LogP contribution in [0.15, 0.2) is 24.8 Å². The molecular formula is C11H11IN2O3. The Morgan fingerprint density at radius 1 is 1.65 bits per heavy atom. The summed E-state index contributed by atoms with van der Waals surface area (Å²) >= 11 is 1.98. The van der Waals surface area contributed by atoms with Gasteiger partial charge in [0.05, 0.1) is 10.5 Å². The molecule has 1 aromatic carbocycles. The first-order valence-electron chi connectivity index (χ1n) is 4.81. The summed E-state index contributed by atoms with van der Waals surface area (Å²) < 4.78 is 0.695. The molecule has 1 rings (SSSR count). The molecule has 0 heterocycles. The van der Waals surface area contributed by atoms with Gasteiger partial charge >= 0.3 is 0 Å². The SMILES string of the molecule is C=CCNC(=O)c1cc([N+](=O)[O-])cc(I)c1C. The van der Waals surface area contributed by atoms with E-state index in [1.807, 2.05) is 22.6 Å². The van der Waals surface area contributed by atoms with Crippen molar-refractivity contribution >= 4 is 34.2 Å². The average Bonchev–Trinajstić information content (AvgIpc) is 2.29. The number of benzene rings is 1. The van der Waals surface area contributed by atoms with Crippen molar-refractivity contribution in [3.05, 3.63) is 49.6 Å². The van der Waals surface area contributed by atoms with Gasteiger partial charge in [-0.1, -0.05) is 6.08 Å². The van der Waals surface area contributed by atoms with Crippen molar-refractivity contribution in [2.75, 3.05) is 6.54 Å². The van der Waals surface area contributed by atoms with Gasteiger partial charge in [-0.25, -0.2) is 0 Å². The van der Waals surface area contributed by atoms with E-state index < -0.39 is 4.92 Å². The van der Waals surface area contributed by atoms with Crippen LogP contribution in [0.1, 0.15) is 15.9 Å². The van der Waals surface area contributed by atoms with E-state index in [1.165, 1.54) is 12.1 Å². The van der Waals surface area contributed by atoms with Crippen molar-refractivity contribution in [1.82, 2.24) is 5.32 Å². The van der Waals surface area contributed by atoms with Gasteiger partial charge in [0.15, 0.2) is 0 Å². The third-order valence-electron chi connectivity index (χ3n) is 2.19. The van der Waals surface area contributed by atoms with Crippen LogP contribution in [0.2, 0.25) is 0 Å². The Hall–Kier alpha value is -1.44. The van der Waals surface area contributed by atoms with Crippen LogP contribution in [0.3, 0.4) is 0 Å². The molecule has 0 radical (unpaired) electrons. The van der Waals surface area contributed by atoms with Crippen molar-refractivity contribution in [2.45, 2.75) is 6.92 Å². The Kier molecular flexibility index (Phi) is 4.62. The Morgan fingerprint density at radius 3 is 2.82 bits per heavy atom. The summed E-state index contributed by atoms with van der Waals surface area (Å²) in [6.45, 7) is 5.58. The third kappa shape index (κ3) is 3.26. The molecular weight excluding hydrogens is 335 g/mol. The molecule has 17 heavy (non-hydrogen) atoms. The molecule has 5 nitrogen and oxygen atoms in total. The largest absolute Gasteiger partial charge is 0.349 e. The van der Waals surface area contributed by atoms with Gasteiger partial charge in [-0.05, 0) is 35.1 Å². The Balaban J connectivity index is 3.17. The van der Waals surface area contributed by atoms with Crippen molar-refractivity contribution in [2.24, 2.45) is 0 Å². The zero-order chi connectivity index (χ0) is 13.0. The zero-order valence-electron chi connectivity index (χ0n) is 9.20. The Morgan fingerprint density at radius 2 is 2.29 bits per heavy atom. The molecule has 0 aliphatic heterocycles. The summed E-state index contributed by atoms with van der Waals surface area (Å²) in [7, 11) is 0. The maximum atomic E-state index is 11.8. The van der Waals surface area contributed by atoms with Gasteiger partial charge in [0.1, 0.15) is 0 Å². The molecule has 0 saturated heterocycles. The highest BCUT2D eigenvalue weighted by Crippen LogP contribution is 2.23. The lowest BCUT2D eigenvalue weighted by Crippen LogP contribution is -2.24. The monoisotopic (exact) mass is 346 g/mol. The number of non-ortho nitro benzene ring substituents is 1. The maximum absolute atomic E-state index is 11.8. The van der Waals surface area contributed by atoms with E-state index in [2.05, 4.69) is 11.9 Å². The van der Waals surface area contributed by atoms with Crippen LogP contribution in [0.25, 0.3) is 0 Å². The molecule has 0 atom stereocenters. The number of carbonyl (C=O) groups is 1. The molecule has 0 fully saturated rings. The predicted molar refractivity (Wildman–Crippen MR) is 73.1 cm³/mol. The van der Waals surface area contributed by atoms with Crippen LogP contribution in [-0.4, -0.2) is 17.4 Å². The molecule has 6 heteroatoms. The molecule has 0 saturated carbocycles. The van der Waals surface area contributed by atoms with Crippen LogP contribution in [0.5, 0.6) is 0 Å². The van der Waals surface area contributed by atoms with Crippen molar-refractivity contribution in [3.63, 3.8) is 0 Å². The topological polar surface area (TPSA) is 72.2 Å². The Bertz CT molecular complexity index is 486. The first kappa shape index (κ1) is 13.6. The van der Waals surface area contributed by atoms with Gasteiger partial charge in [0, 0.05) is 22.2 Å². The second-order valence-corrected chi connectivity index (χ2v) is 4.52.